The Kier molecular flexibility index (Phi) is 6.53. The van der Waals surface area contributed by atoms with Crippen molar-refractivity contribution in [2.45, 2.75) is 12.8 Å². The Morgan fingerprint density at radius 2 is 1.97 bits per heavy atom. The maximum absolute atomic E-state index is 12.8. The fourth-order valence-electron chi connectivity index (χ4n) is 3.52. The van der Waals surface area contributed by atoms with Crippen LogP contribution in [-0.2, 0) is 4.79 Å². The SMILES string of the molecule is COc1ccc(OC)c(-c2csc(NC(=O)C3CCN(c4ccc(Cl)nn4)CC3)n2)c1. The zero-order valence-electron chi connectivity index (χ0n) is 17.2. The number of ether oxygens (including phenoxy) is 2. The molecule has 1 aliphatic rings. The van der Waals surface area contributed by atoms with Crippen LogP contribution in [0.5, 0.6) is 11.5 Å². The van der Waals surface area contributed by atoms with Crippen LogP contribution in [0.2, 0.25) is 5.15 Å². The summed E-state index contributed by atoms with van der Waals surface area (Å²) in [6.07, 6.45) is 1.47. The fourth-order valence-corrected chi connectivity index (χ4v) is 4.34. The maximum atomic E-state index is 12.8. The van der Waals surface area contributed by atoms with Gasteiger partial charge in [-0.15, -0.1) is 21.5 Å². The highest BCUT2D eigenvalue weighted by molar-refractivity contribution is 7.14. The van der Waals surface area contributed by atoms with Crippen LogP contribution < -0.4 is 19.7 Å². The summed E-state index contributed by atoms with van der Waals surface area (Å²) < 4.78 is 10.7. The van der Waals surface area contributed by atoms with Gasteiger partial charge in [-0.05, 0) is 43.2 Å². The lowest BCUT2D eigenvalue weighted by atomic mass is 9.96. The van der Waals surface area contributed by atoms with Crippen molar-refractivity contribution in [3.63, 3.8) is 0 Å². The average molecular weight is 460 g/mol. The number of piperidine rings is 1. The van der Waals surface area contributed by atoms with Gasteiger partial charge in [0.15, 0.2) is 16.1 Å². The quantitative estimate of drug-likeness (QED) is 0.592. The molecule has 1 aliphatic heterocycles. The fraction of sp³-hybridized carbons (Fsp3) is 0.333. The zero-order chi connectivity index (χ0) is 21.8. The molecular weight excluding hydrogens is 438 g/mol. The molecule has 1 amide bonds. The third kappa shape index (κ3) is 4.88. The molecule has 1 fully saturated rings. The smallest absolute Gasteiger partial charge is 0.229 e. The van der Waals surface area contributed by atoms with Gasteiger partial charge in [0, 0.05) is 30.0 Å². The van der Waals surface area contributed by atoms with E-state index in [1.54, 1.807) is 20.3 Å². The number of benzene rings is 1. The maximum Gasteiger partial charge on any atom is 0.229 e. The summed E-state index contributed by atoms with van der Waals surface area (Å²) in [7, 11) is 3.23. The van der Waals surface area contributed by atoms with Crippen LogP contribution >= 0.6 is 22.9 Å². The van der Waals surface area contributed by atoms with Gasteiger partial charge in [0.05, 0.1) is 19.9 Å². The summed E-state index contributed by atoms with van der Waals surface area (Å²) in [4.78, 5) is 19.5. The molecule has 1 saturated heterocycles. The van der Waals surface area contributed by atoms with Gasteiger partial charge in [-0.25, -0.2) is 4.98 Å². The van der Waals surface area contributed by atoms with E-state index in [-0.39, 0.29) is 11.8 Å². The topological polar surface area (TPSA) is 89.5 Å². The highest BCUT2D eigenvalue weighted by Crippen LogP contribution is 2.35. The van der Waals surface area contributed by atoms with Crippen LogP contribution in [0.3, 0.4) is 0 Å². The lowest BCUT2D eigenvalue weighted by Gasteiger charge is -2.31. The van der Waals surface area contributed by atoms with Crippen molar-refractivity contribution in [3.05, 3.63) is 40.9 Å². The average Bonchev–Trinajstić information content (AvgIpc) is 3.27. The number of halogens is 1. The minimum atomic E-state index is -0.0739. The largest absolute Gasteiger partial charge is 0.497 e. The normalized spacial score (nSPS) is 14.4. The molecule has 0 spiro atoms. The Morgan fingerprint density at radius 3 is 2.65 bits per heavy atom. The molecule has 1 N–H and O–H groups in total. The van der Waals surface area contributed by atoms with E-state index in [1.165, 1.54) is 11.3 Å². The van der Waals surface area contributed by atoms with Crippen LogP contribution in [0.25, 0.3) is 11.3 Å². The number of thiazole rings is 1. The number of hydrogen-bond acceptors (Lipinski definition) is 8. The molecule has 1 aromatic carbocycles. The highest BCUT2D eigenvalue weighted by Gasteiger charge is 2.26. The van der Waals surface area contributed by atoms with E-state index >= 15 is 0 Å². The first-order valence-corrected chi connectivity index (χ1v) is 11.1. The predicted octanol–water partition coefficient (Wildman–Crippen LogP) is 4.13. The van der Waals surface area contributed by atoms with Crippen molar-refractivity contribution in [1.29, 1.82) is 0 Å². The van der Waals surface area contributed by atoms with Crippen LogP contribution in [0.4, 0.5) is 10.9 Å². The van der Waals surface area contributed by atoms with E-state index in [2.05, 4.69) is 25.4 Å². The molecule has 4 rings (SSSR count). The predicted molar refractivity (Wildman–Crippen MR) is 121 cm³/mol. The molecular formula is C21H22ClN5O3S. The Bertz CT molecular complexity index is 1050. The lowest BCUT2D eigenvalue weighted by Crippen LogP contribution is -2.38. The van der Waals surface area contributed by atoms with Gasteiger partial charge in [0.25, 0.3) is 0 Å². The number of hydrogen-bond donors (Lipinski definition) is 1. The van der Waals surface area contributed by atoms with Crippen LogP contribution in [0.15, 0.2) is 35.7 Å². The minimum Gasteiger partial charge on any atom is -0.497 e. The first-order valence-electron chi connectivity index (χ1n) is 9.80. The number of anilines is 2. The number of nitrogens with zero attached hydrogens (tertiary/aromatic N) is 4. The molecule has 3 aromatic rings. The van der Waals surface area contributed by atoms with E-state index in [1.807, 2.05) is 29.6 Å². The van der Waals surface area contributed by atoms with Gasteiger partial charge in [-0.3, -0.25) is 4.79 Å². The van der Waals surface area contributed by atoms with Crippen molar-refractivity contribution < 1.29 is 14.3 Å². The molecule has 0 unspecified atom stereocenters. The minimum absolute atomic E-state index is 0.0136. The summed E-state index contributed by atoms with van der Waals surface area (Å²) in [5.74, 6) is 2.10. The second-order valence-corrected chi connectivity index (χ2v) is 8.31. The van der Waals surface area contributed by atoms with Crippen LogP contribution in [0, 0.1) is 5.92 Å². The first-order chi connectivity index (χ1) is 15.1. The Hall–Kier alpha value is -2.91. The number of rotatable bonds is 6. The van der Waals surface area contributed by atoms with Gasteiger partial charge in [-0.2, -0.15) is 0 Å². The Balaban J connectivity index is 1.38. The number of nitrogens with one attached hydrogen (secondary N) is 1. The van der Waals surface area contributed by atoms with Gasteiger partial charge in [0.2, 0.25) is 5.91 Å². The van der Waals surface area contributed by atoms with Crippen molar-refractivity contribution >= 4 is 39.8 Å². The van der Waals surface area contributed by atoms with E-state index in [0.29, 0.717) is 21.8 Å². The molecule has 0 atom stereocenters. The number of aromatic nitrogens is 3. The van der Waals surface area contributed by atoms with Crippen LogP contribution in [0.1, 0.15) is 12.8 Å². The lowest BCUT2D eigenvalue weighted by molar-refractivity contribution is -0.120. The Morgan fingerprint density at radius 1 is 1.16 bits per heavy atom. The molecule has 0 bridgehead atoms. The summed E-state index contributed by atoms with van der Waals surface area (Å²) >= 11 is 7.19. The molecule has 162 valence electrons. The standard InChI is InChI=1S/C21H22ClN5O3S/c1-29-14-3-4-17(30-2)15(11-14)16-12-31-21(23-16)24-20(28)13-7-9-27(10-8-13)19-6-5-18(22)25-26-19/h3-6,11-13H,7-10H2,1-2H3,(H,23,24,28). The van der Waals surface area contributed by atoms with E-state index in [4.69, 9.17) is 21.1 Å². The van der Waals surface area contributed by atoms with Crippen LogP contribution in [-0.4, -0.2) is 48.4 Å². The summed E-state index contributed by atoms with van der Waals surface area (Å²) in [5, 5.41) is 13.8. The molecule has 31 heavy (non-hydrogen) atoms. The number of methoxy groups -OCH3 is 2. The molecule has 0 radical (unpaired) electrons. The summed E-state index contributed by atoms with van der Waals surface area (Å²) in [5.41, 5.74) is 1.54. The van der Waals surface area contributed by atoms with Gasteiger partial charge in [0.1, 0.15) is 11.5 Å². The molecule has 0 aliphatic carbocycles. The molecule has 3 heterocycles. The van der Waals surface area contributed by atoms with Gasteiger partial charge in [-0.1, -0.05) is 11.6 Å². The number of carbonyl (C=O) groups excluding carboxylic acids is 1. The first kappa shape index (κ1) is 21.3. The van der Waals surface area contributed by atoms with E-state index in [9.17, 15) is 4.79 Å². The van der Waals surface area contributed by atoms with Crippen molar-refractivity contribution in [2.24, 2.45) is 5.92 Å². The van der Waals surface area contributed by atoms with E-state index in [0.717, 1.165) is 43.0 Å². The van der Waals surface area contributed by atoms with E-state index < -0.39 is 0 Å². The monoisotopic (exact) mass is 459 g/mol. The number of amides is 1. The second-order valence-electron chi connectivity index (χ2n) is 7.07. The molecule has 8 nitrogen and oxygen atoms in total. The molecule has 2 aromatic heterocycles. The molecule has 0 saturated carbocycles. The number of carbonyl (C=O) groups is 1. The highest BCUT2D eigenvalue weighted by atomic mass is 35.5. The van der Waals surface area contributed by atoms with Crippen molar-refractivity contribution in [2.75, 3.05) is 37.5 Å². The summed E-state index contributed by atoms with van der Waals surface area (Å²) in [6.45, 7) is 1.47. The third-order valence-electron chi connectivity index (χ3n) is 5.22. The summed E-state index contributed by atoms with van der Waals surface area (Å²) in [6, 6.07) is 9.11. The zero-order valence-corrected chi connectivity index (χ0v) is 18.7. The van der Waals surface area contributed by atoms with Gasteiger partial charge >= 0.3 is 0 Å². The molecule has 10 heteroatoms. The second kappa shape index (κ2) is 9.49. The Labute approximate surface area is 189 Å². The van der Waals surface area contributed by atoms with Crippen molar-refractivity contribution in [1.82, 2.24) is 15.2 Å². The third-order valence-corrected chi connectivity index (χ3v) is 6.18. The van der Waals surface area contributed by atoms with Gasteiger partial charge < -0.3 is 19.7 Å². The van der Waals surface area contributed by atoms with Crippen molar-refractivity contribution in [3.8, 4) is 22.8 Å².